The van der Waals surface area contributed by atoms with Crippen LogP contribution < -0.4 is 0 Å². The average molecular weight is 475 g/mol. The average Bonchev–Trinajstić information content (AvgIpc) is 3.17. The molecule has 5 atom stereocenters. The Morgan fingerprint density at radius 1 is 0.676 bits per heavy atom. The fourth-order valence-corrected chi connectivity index (χ4v) is 10.1. The fraction of sp³-hybridized carbons (Fsp3) is 0.379. The van der Waals surface area contributed by atoms with E-state index in [1.54, 1.807) is 0 Å². The van der Waals surface area contributed by atoms with Gasteiger partial charge in [0.25, 0.3) is 0 Å². The number of aliphatic hydroxyl groups is 1. The van der Waals surface area contributed by atoms with Crippen molar-refractivity contribution < 1.29 is 9.67 Å². The highest BCUT2D eigenvalue weighted by molar-refractivity contribution is 7.59. The zero-order valence-corrected chi connectivity index (χ0v) is 21.0. The van der Waals surface area contributed by atoms with Crippen LogP contribution in [0, 0.1) is 0 Å². The first-order valence-corrected chi connectivity index (χ1v) is 14.2. The van der Waals surface area contributed by atoms with Crippen molar-refractivity contribution in [3.63, 3.8) is 0 Å². The molecule has 4 nitrogen and oxygen atoms in total. The molecule has 0 spiro atoms. The van der Waals surface area contributed by atoms with Gasteiger partial charge in [-0.15, -0.1) is 0 Å². The molecule has 0 amide bonds. The minimum Gasteiger partial charge on any atom is -0.378 e. The van der Waals surface area contributed by atoms with Gasteiger partial charge in [-0.2, -0.15) is 0 Å². The molecule has 5 heteroatoms. The van der Waals surface area contributed by atoms with Crippen LogP contribution in [0.5, 0.6) is 0 Å². The minimum absolute atomic E-state index is 0.0658. The van der Waals surface area contributed by atoms with E-state index in [0.717, 1.165) is 42.4 Å². The summed E-state index contributed by atoms with van der Waals surface area (Å²) < 4.78 is 20.0. The lowest BCUT2D eigenvalue weighted by molar-refractivity contribution is 0.166. The SMILES string of the molecule is CC(c1ccccc1)N1[C@H]2CCCC[C@@H]2N(C(C)c2ccccc2)P1(=O)C(O)c1ccccc1. The van der Waals surface area contributed by atoms with Crippen LogP contribution in [0.15, 0.2) is 91.0 Å². The van der Waals surface area contributed by atoms with Gasteiger partial charge in [-0.05, 0) is 43.4 Å². The summed E-state index contributed by atoms with van der Waals surface area (Å²) in [6, 6.07) is 30.4. The Kier molecular flexibility index (Phi) is 6.77. The summed E-state index contributed by atoms with van der Waals surface area (Å²) >= 11 is 0. The molecule has 1 N–H and O–H groups in total. The van der Waals surface area contributed by atoms with Crippen molar-refractivity contribution >= 4 is 7.44 Å². The molecule has 0 bridgehead atoms. The molecule has 1 heterocycles. The van der Waals surface area contributed by atoms with Gasteiger partial charge in [0.05, 0.1) is 0 Å². The van der Waals surface area contributed by atoms with Crippen molar-refractivity contribution in [1.82, 2.24) is 9.34 Å². The molecule has 3 aromatic rings. The summed E-state index contributed by atoms with van der Waals surface area (Å²) in [5.74, 6) is -1.07. The molecule has 2 aliphatic rings. The zero-order chi connectivity index (χ0) is 23.7. The number of benzene rings is 3. The minimum atomic E-state index is -3.43. The second-order valence-electron chi connectivity index (χ2n) is 9.73. The van der Waals surface area contributed by atoms with Crippen LogP contribution in [0.3, 0.4) is 0 Å². The quantitative estimate of drug-likeness (QED) is 0.380. The first-order valence-electron chi connectivity index (χ1n) is 12.5. The molecule has 178 valence electrons. The maximum absolute atomic E-state index is 15.6. The Bertz CT molecular complexity index is 1060. The van der Waals surface area contributed by atoms with Gasteiger partial charge in [0, 0.05) is 24.2 Å². The van der Waals surface area contributed by atoms with Crippen molar-refractivity contribution in [2.75, 3.05) is 0 Å². The Morgan fingerprint density at radius 2 is 1.03 bits per heavy atom. The molecule has 34 heavy (non-hydrogen) atoms. The van der Waals surface area contributed by atoms with Gasteiger partial charge in [0.2, 0.25) is 7.44 Å². The van der Waals surface area contributed by atoms with Crippen molar-refractivity contribution in [3.05, 3.63) is 108 Å². The molecule has 3 unspecified atom stereocenters. The summed E-state index contributed by atoms with van der Waals surface area (Å²) in [5.41, 5.74) is 3.00. The summed E-state index contributed by atoms with van der Waals surface area (Å²) in [6.07, 6.45) is 4.28. The predicted molar refractivity (Wildman–Crippen MR) is 138 cm³/mol. The number of hydrogen-bond acceptors (Lipinski definition) is 2. The van der Waals surface area contributed by atoms with Crippen LogP contribution in [-0.4, -0.2) is 26.5 Å². The molecule has 5 rings (SSSR count). The Morgan fingerprint density at radius 3 is 1.41 bits per heavy atom. The van der Waals surface area contributed by atoms with Gasteiger partial charge in [-0.3, -0.25) is 4.57 Å². The van der Waals surface area contributed by atoms with E-state index in [1.807, 2.05) is 66.7 Å². The summed E-state index contributed by atoms with van der Waals surface area (Å²) in [5, 5.41) is 11.9. The standard InChI is InChI=1S/C29H35N2O2P/c1-22(24-14-6-3-7-15-24)30-27-20-12-13-21-28(27)31(23(2)25-16-8-4-9-17-25)34(30,33)29(32)26-18-10-5-11-19-26/h3-11,14-19,22-23,27-29,32H,12-13,20-21H2,1-2H3/t22?,23?,27-,28-,29?,34?/m0/s1. The van der Waals surface area contributed by atoms with Crippen molar-refractivity contribution in [2.24, 2.45) is 0 Å². The molecule has 0 aromatic heterocycles. The molecule has 2 fully saturated rings. The number of aliphatic hydroxyl groups excluding tert-OH is 1. The first-order chi connectivity index (χ1) is 16.5. The van der Waals surface area contributed by atoms with E-state index in [-0.39, 0.29) is 24.2 Å². The van der Waals surface area contributed by atoms with E-state index in [4.69, 9.17) is 0 Å². The van der Waals surface area contributed by atoms with E-state index in [0.29, 0.717) is 0 Å². The second-order valence-corrected chi connectivity index (χ2v) is 12.3. The van der Waals surface area contributed by atoms with E-state index in [9.17, 15) is 5.11 Å². The molecule has 1 saturated heterocycles. The Hall–Kier alpha value is -2.23. The molecular formula is C29H35N2O2P. The lowest BCUT2D eigenvalue weighted by Crippen LogP contribution is -2.41. The van der Waals surface area contributed by atoms with Gasteiger partial charge < -0.3 is 5.11 Å². The zero-order valence-electron chi connectivity index (χ0n) is 20.1. The highest BCUT2D eigenvalue weighted by Gasteiger charge is 2.61. The van der Waals surface area contributed by atoms with Gasteiger partial charge in [-0.1, -0.05) is 104 Å². The molecule has 3 aromatic carbocycles. The number of nitrogens with zero attached hydrogens (tertiary/aromatic N) is 2. The van der Waals surface area contributed by atoms with Gasteiger partial charge in [-0.25, -0.2) is 9.34 Å². The van der Waals surface area contributed by atoms with Crippen LogP contribution in [0.1, 0.15) is 74.1 Å². The van der Waals surface area contributed by atoms with E-state index in [2.05, 4.69) is 47.5 Å². The van der Waals surface area contributed by atoms with E-state index < -0.39 is 13.3 Å². The fourth-order valence-electron chi connectivity index (χ4n) is 6.16. The number of hydrogen-bond donors (Lipinski definition) is 1. The Labute approximate surface area is 203 Å². The maximum atomic E-state index is 15.6. The largest absolute Gasteiger partial charge is 0.378 e. The Balaban J connectivity index is 1.68. The highest BCUT2D eigenvalue weighted by Crippen LogP contribution is 2.74. The smallest absolute Gasteiger partial charge is 0.250 e. The van der Waals surface area contributed by atoms with Crippen LogP contribution in [0.4, 0.5) is 0 Å². The molecule has 0 radical (unpaired) electrons. The number of rotatable bonds is 6. The van der Waals surface area contributed by atoms with Gasteiger partial charge in [0.1, 0.15) is 0 Å². The predicted octanol–water partition coefficient (Wildman–Crippen LogP) is 7.32. The van der Waals surface area contributed by atoms with Crippen molar-refractivity contribution in [1.29, 1.82) is 0 Å². The second kappa shape index (κ2) is 9.79. The van der Waals surface area contributed by atoms with Gasteiger partial charge in [0.15, 0.2) is 5.85 Å². The van der Waals surface area contributed by atoms with E-state index in [1.165, 1.54) is 0 Å². The summed E-state index contributed by atoms with van der Waals surface area (Å²) in [6.45, 7) is 4.31. The van der Waals surface area contributed by atoms with Crippen molar-refractivity contribution in [2.45, 2.75) is 69.5 Å². The molecule has 1 aliphatic heterocycles. The molecule has 1 saturated carbocycles. The van der Waals surface area contributed by atoms with Crippen LogP contribution in [0.2, 0.25) is 0 Å². The van der Waals surface area contributed by atoms with Gasteiger partial charge >= 0.3 is 0 Å². The third kappa shape index (κ3) is 3.97. The first kappa shape index (κ1) is 23.5. The summed E-state index contributed by atoms with van der Waals surface area (Å²) in [7, 11) is -3.43. The number of fused-ring (bicyclic) bond motifs is 1. The van der Waals surface area contributed by atoms with Crippen molar-refractivity contribution in [3.8, 4) is 0 Å². The van der Waals surface area contributed by atoms with E-state index >= 15 is 4.57 Å². The molecular weight excluding hydrogens is 439 g/mol. The summed E-state index contributed by atoms with van der Waals surface area (Å²) in [4.78, 5) is 0. The lowest BCUT2D eigenvalue weighted by Gasteiger charge is -2.40. The normalized spacial score (nSPS) is 28.2. The third-order valence-corrected chi connectivity index (χ3v) is 11.4. The lowest BCUT2D eigenvalue weighted by atomic mass is 9.88. The monoisotopic (exact) mass is 474 g/mol. The van der Waals surface area contributed by atoms with Crippen LogP contribution in [-0.2, 0) is 4.57 Å². The third-order valence-electron chi connectivity index (χ3n) is 7.81. The highest BCUT2D eigenvalue weighted by atomic mass is 31.2. The molecule has 1 aliphatic carbocycles. The van der Waals surface area contributed by atoms with Crippen LogP contribution in [0.25, 0.3) is 0 Å². The maximum Gasteiger partial charge on any atom is 0.250 e. The van der Waals surface area contributed by atoms with Crippen LogP contribution >= 0.6 is 7.44 Å². The topological polar surface area (TPSA) is 43.8 Å².